The number of hydrogen-bond donors (Lipinski definition) is 1. The highest BCUT2D eigenvalue weighted by atomic mass is 16.5. The summed E-state index contributed by atoms with van der Waals surface area (Å²) in [5, 5.41) is 3.47. The third kappa shape index (κ3) is 2.21. The number of hydrogen-bond acceptors (Lipinski definition) is 3. The summed E-state index contributed by atoms with van der Waals surface area (Å²) in [7, 11) is 1.70. The maximum atomic E-state index is 5.29. The van der Waals surface area contributed by atoms with E-state index in [2.05, 4.69) is 22.9 Å². The average molecular weight is 259 g/mol. The second kappa shape index (κ2) is 5.21. The summed E-state index contributed by atoms with van der Waals surface area (Å²) in [6.07, 6.45) is 2.47. The van der Waals surface area contributed by atoms with Crippen LogP contribution in [0.25, 0.3) is 11.0 Å². The lowest BCUT2D eigenvalue weighted by Crippen LogP contribution is -2.30. The molecule has 3 rings (SSSR count). The Morgan fingerprint density at radius 2 is 2.37 bits per heavy atom. The Labute approximate surface area is 113 Å². The van der Waals surface area contributed by atoms with Gasteiger partial charge < -0.3 is 14.6 Å². The van der Waals surface area contributed by atoms with Gasteiger partial charge >= 0.3 is 0 Å². The molecule has 1 aliphatic rings. The molecule has 1 N–H and O–H groups in total. The lowest BCUT2D eigenvalue weighted by molar-refractivity contribution is 0.415. The first kappa shape index (κ1) is 12.5. The van der Waals surface area contributed by atoms with E-state index in [1.807, 2.05) is 12.1 Å². The fourth-order valence-electron chi connectivity index (χ4n) is 2.97. The highest BCUT2D eigenvalue weighted by Gasteiger charge is 2.21. The zero-order valence-electron chi connectivity index (χ0n) is 11.6. The molecule has 1 aliphatic heterocycles. The summed E-state index contributed by atoms with van der Waals surface area (Å²) < 4.78 is 7.63. The predicted molar refractivity (Wildman–Crippen MR) is 76.8 cm³/mol. The van der Waals surface area contributed by atoms with E-state index < -0.39 is 0 Å². The van der Waals surface area contributed by atoms with Gasteiger partial charge in [0.05, 0.1) is 18.1 Å². The Balaban J connectivity index is 2.07. The number of fused-ring (bicyclic) bond motifs is 1. The van der Waals surface area contributed by atoms with E-state index in [4.69, 9.17) is 9.72 Å². The van der Waals surface area contributed by atoms with Crippen LogP contribution >= 0.6 is 0 Å². The van der Waals surface area contributed by atoms with Crippen molar-refractivity contribution < 1.29 is 4.74 Å². The van der Waals surface area contributed by atoms with Crippen LogP contribution in [-0.4, -0.2) is 29.8 Å². The van der Waals surface area contributed by atoms with Crippen molar-refractivity contribution in [3.8, 4) is 5.75 Å². The van der Waals surface area contributed by atoms with Gasteiger partial charge in [-0.25, -0.2) is 4.98 Å². The molecule has 0 aliphatic carbocycles. The van der Waals surface area contributed by atoms with Crippen LogP contribution in [0.5, 0.6) is 5.75 Å². The Morgan fingerprint density at radius 3 is 3.05 bits per heavy atom. The molecule has 4 heteroatoms. The third-order valence-corrected chi connectivity index (χ3v) is 3.96. The molecule has 19 heavy (non-hydrogen) atoms. The summed E-state index contributed by atoms with van der Waals surface area (Å²) >= 11 is 0. The molecule has 1 aromatic heterocycles. The summed E-state index contributed by atoms with van der Waals surface area (Å²) in [5.74, 6) is 2.63. The molecule has 0 bridgehead atoms. The predicted octanol–water partition coefficient (Wildman–Crippen LogP) is 2.53. The van der Waals surface area contributed by atoms with Crippen LogP contribution in [0.15, 0.2) is 18.2 Å². The maximum absolute atomic E-state index is 5.29. The average Bonchev–Trinajstić information content (AvgIpc) is 2.85. The maximum Gasteiger partial charge on any atom is 0.121 e. The van der Waals surface area contributed by atoms with Gasteiger partial charge in [0.25, 0.3) is 0 Å². The molecular weight excluding hydrogens is 238 g/mol. The van der Waals surface area contributed by atoms with Crippen molar-refractivity contribution in [3.63, 3.8) is 0 Å². The lowest BCUT2D eigenvalue weighted by atomic mass is 9.99. The van der Waals surface area contributed by atoms with Gasteiger partial charge in [-0.2, -0.15) is 0 Å². The largest absolute Gasteiger partial charge is 0.497 e. The van der Waals surface area contributed by atoms with E-state index in [-0.39, 0.29) is 0 Å². The normalized spacial score (nSPS) is 19.8. The van der Waals surface area contributed by atoms with E-state index in [0.29, 0.717) is 5.92 Å². The van der Waals surface area contributed by atoms with E-state index in [0.717, 1.165) is 30.9 Å². The number of aryl methyl sites for hydroxylation is 1. The number of nitrogens with one attached hydrogen (secondary N) is 1. The van der Waals surface area contributed by atoms with Crippen LogP contribution in [0.1, 0.15) is 31.5 Å². The molecule has 102 valence electrons. The summed E-state index contributed by atoms with van der Waals surface area (Å²) in [6, 6.07) is 6.16. The smallest absolute Gasteiger partial charge is 0.121 e. The van der Waals surface area contributed by atoms with E-state index in [1.165, 1.54) is 24.2 Å². The Kier molecular flexibility index (Phi) is 3.42. The van der Waals surface area contributed by atoms with Crippen molar-refractivity contribution in [1.82, 2.24) is 14.9 Å². The van der Waals surface area contributed by atoms with Gasteiger partial charge in [-0.3, -0.25) is 0 Å². The van der Waals surface area contributed by atoms with Crippen molar-refractivity contribution in [2.75, 3.05) is 20.2 Å². The number of piperidine rings is 1. The fourth-order valence-corrected chi connectivity index (χ4v) is 2.97. The zero-order chi connectivity index (χ0) is 13.2. The van der Waals surface area contributed by atoms with Gasteiger partial charge in [0.15, 0.2) is 0 Å². The molecule has 1 saturated heterocycles. The van der Waals surface area contributed by atoms with Crippen LogP contribution in [0.2, 0.25) is 0 Å². The monoisotopic (exact) mass is 259 g/mol. The van der Waals surface area contributed by atoms with E-state index >= 15 is 0 Å². The Morgan fingerprint density at radius 1 is 1.47 bits per heavy atom. The van der Waals surface area contributed by atoms with Gasteiger partial charge in [0.2, 0.25) is 0 Å². The minimum Gasteiger partial charge on any atom is -0.497 e. The fraction of sp³-hybridized carbons (Fsp3) is 0.533. The van der Waals surface area contributed by atoms with Crippen molar-refractivity contribution >= 4 is 11.0 Å². The van der Waals surface area contributed by atoms with Gasteiger partial charge in [0, 0.05) is 25.1 Å². The SMILES string of the molecule is CCn1c(C2CCCNC2)nc2cc(OC)ccc21. The van der Waals surface area contributed by atoms with Crippen LogP contribution in [-0.2, 0) is 6.54 Å². The molecule has 1 fully saturated rings. The van der Waals surface area contributed by atoms with Gasteiger partial charge in [0.1, 0.15) is 11.6 Å². The molecule has 4 nitrogen and oxygen atoms in total. The van der Waals surface area contributed by atoms with Crippen LogP contribution < -0.4 is 10.1 Å². The zero-order valence-corrected chi connectivity index (χ0v) is 11.6. The van der Waals surface area contributed by atoms with Crippen molar-refractivity contribution in [1.29, 1.82) is 0 Å². The Bertz CT molecular complexity index is 570. The minimum atomic E-state index is 0.534. The van der Waals surface area contributed by atoms with E-state index in [1.54, 1.807) is 7.11 Å². The first-order valence-corrected chi connectivity index (χ1v) is 7.08. The van der Waals surface area contributed by atoms with E-state index in [9.17, 15) is 0 Å². The molecule has 0 amide bonds. The van der Waals surface area contributed by atoms with Crippen LogP contribution in [0, 0.1) is 0 Å². The van der Waals surface area contributed by atoms with Crippen LogP contribution in [0.4, 0.5) is 0 Å². The van der Waals surface area contributed by atoms with Crippen molar-refractivity contribution in [3.05, 3.63) is 24.0 Å². The highest BCUT2D eigenvalue weighted by Crippen LogP contribution is 2.28. The lowest BCUT2D eigenvalue weighted by Gasteiger charge is -2.22. The molecule has 0 spiro atoms. The molecule has 1 atom stereocenters. The van der Waals surface area contributed by atoms with Crippen LogP contribution in [0.3, 0.4) is 0 Å². The van der Waals surface area contributed by atoms with Gasteiger partial charge in [-0.15, -0.1) is 0 Å². The molecule has 2 aromatic rings. The van der Waals surface area contributed by atoms with Gasteiger partial charge in [-0.05, 0) is 38.4 Å². The summed E-state index contributed by atoms with van der Waals surface area (Å²) in [4.78, 5) is 4.86. The second-order valence-electron chi connectivity index (χ2n) is 5.11. The summed E-state index contributed by atoms with van der Waals surface area (Å²) in [5.41, 5.74) is 2.26. The Hall–Kier alpha value is -1.55. The second-order valence-corrected chi connectivity index (χ2v) is 5.11. The minimum absolute atomic E-state index is 0.534. The third-order valence-electron chi connectivity index (χ3n) is 3.96. The number of methoxy groups -OCH3 is 1. The number of imidazole rings is 1. The molecule has 0 saturated carbocycles. The highest BCUT2D eigenvalue weighted by molar-refractivity contribution is 5.78. The molecule has 1 unspecified atom stereocenters. The van der Waals surface area contributed by atoms with Crippen molar-refractivity contribution in [2.24, 2.45) is 0 Å². The number of aromatic nitrogens is 2. The van der Waals surface area contributed by atoms with Crippen molar-refractivity contribution in [2.45, 2.75) is 32.2 Å². The number of benzene rings is 1. The molecule has 1 aromatic carbocycles. The number of nitrogens with zero attached hydrogens (tertiary/aromatic N) is 2. The number of rotatable bonds is 3. The quantitative estimate of drug-likeness (QED) is 0.920. The first-order valence-electron chi connectivity index (χ1n) is 7.08. The first-order chi connectivity index (χ1) is 9.33. The summed E-state index contributed by atoms with van der Waals surface area (Å²) in [6.45, 7) is 5.33. The molecule has 2 heterocycles. The standard InChI is InChI=1S/C15H21N3O/c1-3-18-14-7-6-12(19-2)9-13(14)17-15(18)11-5-4-8-16-10-11/h6-7,9,11,16H,3-5,8,10H2,1-2H3. The molecule has 0 radical (unpaired) electrons. The topological polar surface area (TPSA) is 39.1 Å². The molecular formula is C15H21N3O. The number of ether oxygens (including phenoxy) is 1. The van der Waals surface area contributed by atoms with Gasteiger partial charge in [-0.1, -0.05) is 0 Å².